The number of hydrogen-bond acceptors (Lipinski definition) is 5. The molecule has 2 aromatic heterocycles. The van der Waals surface area contributed by atoms with E-state index in [0.717, 1.165) is 5.56 Å². The van der Waals surface area contributed by atoms with Crippen LogP contribution in [0.3, 0.4) is 0 Å². The molecule has 174 valence electrons. The van der Waals surface area contributed by atoms with Gasteiger partial charge in [0.05, 0.1) is 30.3 Å². The Labute approximate surface area is 191 Å². The average Bonchev–Trinajstić information content (AvgIpc) is 3.35. The summed E-state index contributed by atoms with van der Waals surface area (Å²) in [6, 6.07) is 11.2. The van der Waals surface area contributed by atoms with Gasteiger partial charge in [-0.05, 0) is 23.8 Å². The third kappa shape index (κ3) is 3.32. The van der Waals surface area contributed by atoms with Crippen LogP contribution in [0.1, 0.15) is 35.8 Å². The van der Waals surface area contributed by atoms with Crippen molar-refractivity contribution < 1.29 is 27.0 Å². The van der Waals surface area contributed by atoms with Crippen LogP contribution in [0.5, 0.6) is 5.75 Å². The van der Waals surface area contributed by atoms with E-state index in [1.54, 1.807) is 34.9 Å². The lowest BCUT2D eigenvalue weighted by Gasteiger charge is -2.31. The number of benzene rings is 2. The normalized spacial score (nSPS) is 21.0. The van der Waals surface area contributed by atoms with Crippen molar-refractivity contribution in [1.29, 1.82) is 0 Å². The van der Waals surface area contributed by atoms with Gasteiger partial charge in [0.25, 0.3) is 0 Å². The van der Waals surface area contributed by atoms with Gasteiger partial charge in [-0.2, -0.15) is 8.78 Å². The van der Waals surface area contributed by atoms with E-state index >= 15 is 0 Å². The van der Waals surface area contributed by atoms with Crippen LogP contribution in [0.25, 0.3) is 22.2 Å². The number of halogens is 4. The van der Waals surface area contributed by atoms with Gasteiger partial charge in [0.1, 0.15) is 11.6 Å². The summed E-state index contributed by atoms with van der Waals surface area (Å²) in [6.45, 7) is -3.13. The fourth-order valence-electron chi connectivity index (χ4n) is 4.59. The van der Waals surface area contributed by atoms with Crippen molar-refractivity contribution in [2.24, 2.45) is 0 Å². The van der Waals surface area contributed by atoms with E-state index in [4.69, 9.17) is 9.47 Å². The van der Waals surface area contributed by atoms with E-state index in [9.17, 15) is 17.6 Å². The summed E-state index contributed by atoms with van der Waals surface area (Å²) in [4.78, 5) is 12.8. The molecule has 2 aliphatic heterocycles. The highest BCUT2D eigenvalue weighted by atomic mass is 19.3. The van der Waals surface area contributed by atoms with E-state index in [2.05, 4.69) is 15.0 Å². The summed E-state index contributed by atoms with van der Waals surface area (Å²) in [6.07, 6.45) is 1.77. The zero-order valence-electron chi connectivity index (χ0n) is 17.7. The number of aromatic nitrogens is 4. The Bertz CT molecular complexity index is 1370. The third-order valence-electron chi connectivity index (χ3n) is 6.28. The first-order valence-electron chi connectivity index (χ1n) is 10.7. The van der Waals surface area contributed by atoms with Crippen LogP contribution in [0.15, 0.2) is 54.9 Å². The van der Waals surface area contributed by atoms with Crippen LogP contribution >= 0.6 is 0 Å². The molecule has 1 saturated heterocycles. The quantitative estimate of drug-likeness (QED) is 0.371. The van der Waals surface area contributed by atoms with Crippen molar-refractivity contribution in [3.05, 3.63) is 72.1 Å². The molecule has 1 unspecified atom stereocenters. The van der Waals surface area contributed by atoms with Crippen molar-refractivity contribution >= 4 is 11.0 Å². The first kappa shape index (κ1) is 21.0. The Balaban J connectivity index is 1.42. The lowest BCUT2D eigenvalue weighted by molar-refractivity contribution is -0.140. The number of ether oxygens (including phenoxy) is 2. The molecule has 34 heavy (non-hydrogen) atoms. The Morgan fingerprint density at radius 2 is 1.82 bits per heavy atom. The minimum Gasteiger partial charge on any atom is -0.434 e. The highest BCUT2D eigenvalue weighted by molar-refractivity contribution is 5.83. The van der Waals surface area contributed by atoms with E-state index in [1.165, 1.54) is 18.5 Å². The van der Waals surface area contributed by atoms with Gasteiger partial charge in [0, 0.05) is 29.9 Å². The first-order valence-corrected chi connectivity index (χ1v) is 10.7. The molecule has 4 heterocycles. The second-order valence-corrected chi connectivity index (χ2v) is 8.43. The van der Waals surface area contributed by atoms with Crippen LogP contribution in [-0.4, -0.2) is 39.3 Å². The SMILES string of the molecule is FC(F)Oc1ccccc1C1C[C@@H](F)c2nc3ccc(-c4cnc(C5(F)COC5)nc4)cc3n21. The third-order valence-corrected chi connectivity index (χ3v) is 6.28. The maximum atomic E-state index is 15.0. The van der Waals surface area contributed by atoms with E-state index in [0.29, 0.717) is 22.2 Å². The minimum absolute atomic E-state index is 0.00432. The molecular formula is C24H18F4N4O2. The molecule has 0 radical (unpaired) electrons. The molecule has 2 atom stereocenters. The van der Waals surface area contributed by atoms with Crippen LogP contribution < -0.4 is 4.74 Å². The summed E-state index contributed by atoms with van der Waals surface area (Å²) in [5.74, 6) is 0.314. The van der Waals surface area contributed by atoms with Crippen LogP contribution in [0.2, 0.25) is 0 Å². The van der Waals surface area contributed by atoms with E-state index < -0.39 is 24.5 Å². The van der Waals surface area contributed by atoms with Crippen LogP contribution in [0.4, 0.5) is 17.6 Å². The van der Waals surface area contributed by atoms with Gasteiger partial charge in [-0.3, -0.25) is 0 Å². The number of alkyl halides is 4. The number of fused-ring (bicyclic) bond motifs is 3. The summed E-state index contributed by atoms with van der Waals surface area (Å²) >= 11 is 0. The molecule has 0 saturated carbocycles. The molecule has 4 aromatic rings. The summed E-state index contributed by atoms with van der Waals surface area (Å²) in [7, 11) is 0. The van der Waals surface area contributed by atoms with Crippen LogP contribution in [0, 0.1) is 0 Å². The first-order chi connectivity index (χ1) is 16.4. The summed E-state index contributed by atoms with van der Waals surface area (Å²) in [5, 5.41) is 0. The zero-order valence-corrected chi connectivity index (χ0v) is 17.7. The molecular weight excluding hydrogens is 452 g/mol. The number of imidazole rings is 1. The molecule has 0 amide bonds. The van der Waals surface area contributed by atoms with Crippen molar-refractivity contribution in [3.8, 4) is 16.9 Å². The van der Waals surface area contributed by atoms with Gasteiger partial charge in [0.15, 0.2) is 12.0 Å². The molecule has 2 aromatic carbocycles. The molecule has 10 heteroatoms. The number of hydrogen-bond donors (Lipinski definition) is 0. The highest BCUT2D eigenvalue weighted by Crippen LogP contribution is 2.46. The van der Waals surface area contributed by atoms with Crippen molar-refractivity contribution in [2.75, 3.05) is 13.2 Å². The summed E-state index contributed by atoms with van der Waals surface area (Å²) < 4.78 is 66.7. The number of nitrogens with zero attached hydrogens (tertiary/aromatic N) is 4. The molecule has 0 bridgehead atoms. The maximum absolute atomic E-state index is 15.0. The minimum atomic E-state index is -2.99. The molecule has 0 aliphatic carbocycles. The Kier molecular flexibility index (Phi) is 4.80. The van der Waals surface area contributed by atoms with Gasteiger partial charge in [-0.1, -0.05) is 24.3 Å². The van der Waals surface area contributed by atoms with Gasteiger partial charge in [0.2, 0.25) is 5.67 Å². The highest BCUT2D eigenvalue weighted by Gasteiger charge is 2.43. The number of rotatable bonds is 5. The standard InChI is InChI=1S/C24H18F4N4O2/c25-16-8-18(15-3-1-2-4-20(15)34-23(26)27)32-19-7-13(5-6-17(19)31-21(16)32)14-9-29-22(30-10-14)24(28)11-33-12-24/h1-7,9-10,16,18,23H,8,11-12H2/t16-,18?/m1/s1. The molecule has 2 aliphatic rings. The maximum Gasteiger partial charge on any atom is 0.387 e. The van der Waals surface area contributed by atoms with E-state index in [-0.39, 0.29) is 37.0 Å². The predicted molar refractivity (Wildman–Crippen MR) is 114 cm³/mol. The van der Waals surface area contributed by atoms with Crippen molar-refractivity contribution in [3.63, 3.8) is 0 Å². The lowest BCUT2D eigenvalue weighted by Crippen LogP contribution is -2.43. The molecule has 6 nitrogen and oxygen atoms in total. The van der Waals surface area contributed by atoms with Crippen molar-refractivity contribution in [2.45, 2.75) is 30.9 Å². The van der Waals surface area contributed by atoms with Gasteiger partial charge in [-0.15, -0.1) is 0 Å². The van der Waals surface area contributed by atoms with Gasteiger partial charge >= 0.3 is 6.61 Å². The van der Waals surface area contributed by atoms with E-state index in [1.807, 2.05) is 6.07 Å². The Hall–Kier alpha value is -3.53. The largest absolute Gasteiger partial charge is 0.434 e. The Morgan fingerprint density at radius 3 is 2.53 bits per heavy atom. The molecule has 6 rings (SSSR count). The average molecular weight is 470 g/mol. The lowest BCUT2D eigenvalue weighted by atomic mass is 10.0. The van der Waals surface area contributed by atoms with Gasteiger partial charge < -0.3 is 14.0 Å². The monoisotopic (exact) mass is 470 g/mol. The molecule has 0 spiro atoms. The molecule has 0 N–H and O–H groups in total. The second kappa shape index (κ2) is 7.76. The topological polar surface area (TPSA) is 62.1 Å². The smallest absolute Gasteiger partial charge is 0.387 e. The fourth-order valence-corrected chi connectivity index (χ4v) is 4.59. The fraction of sp³-hybridized carbons (Fsp3) is 0.292. The predicted octanol–water partition coefficient (Wildman–Crippen LogP) is 5.29. The zero-order chi connectivity index (χ0) is 23.4. The Morgan fingerprint density at radius 1 is 1.06 bits per heavy atom. The number of para-hydroxylation sites is 1. The summed E-state index contributed by atoms with van der Waals surface area (Å²) in [5.41, 5.74) is 1.40. The van der Waals surface area contributed by atoms with Crippen LogP contribution in [-0.2, 0) is 10.4 Å². The van der Waals surface area contributed by atoms with Gasteiger partial charge in [-0.25, -0.2) is 23.7 Å². The van der Waals surface area contributed by atoms with Crippen molar-refractivity contribution in [1.82, 2.24) is 19.5 Å². The second-order valence-electron chi connectivity index (χ2n) is 8.43. The molecule has 1 fully saturated rings.